The molecule has 0 aromatic heterocycles. The number of carbonyl (C=O) groups is 1. The summed E-state index contributed by atoms with van der Waals surface area (Å²) in [6.07, 6.45) is 6.54. The highest BCUT2D eigenvalue weighted by Crippen LogP contribution is 2.12. The van der Waals surface area contributed by atoms with Gasteiger partial charge in [-0.25, -0.2) is 4.39 Å². The van der Waals surface area contributed by atoms with Crippen molar-refractivity contribution in [1.29, 1.82) is 0 Å². The lowest BCUT2D eigenvalue weighted by Crippen LogP contribution is -2.32. The third-order valence-electron chi connectivity index (χ3n) is 3.53. The van der Waals surface area contributed by atoms with Gasteiger partial charge in [-0.1, -0.05) is 12.1 Å². The van der Waals surface area contributed by atoms with Crippen molar-refractivity contribution in [2.45, 2.75) is 19.3 Å². The summed E-state index contributed by atoms with van der Waals surface area (Å²) in [5, 5.41) is 6.23. The molecule has 1 amide bonds. The van der Waals surface area contributed by atoms with Crippen LogP contribution < -0.4 is 10.6 Å². The highest BCUT2D eigenvalue weighted by atomic mass is 19.1. The molecule has 108 valence electrons. The third-order valence-corrected chi connectivity index (χ3v) is 3.53. The van der Waals surface area contributed by atoms with Crippen LogP contribution in [0.2, 0.25) is 0 Å². The number of hydrogen-bond donors (Lipinski definition) is 2. The van der Waals surface area contributed by atoms with Crippen LogP contribution in [0.1, 0.15) is 24.8 Å². The van der Waals surface area contributed by atoms with Gasteiger partial charge in [0.1, 0.15) is 5.82 Å². The van der Waals surface area contributed by atoms with Crippen LogP contribution in [0.15, 0.2) is 30.3 Å². The van der Waals surface area contributed by atoms with E-state index in [-0.39, 0.29) is 11.7 Å². The lowest BCUT2D eigenvalue weighted by Gasteiger charge is -2.22. The Kier molecular flexibility index (Phi) is 5.74. The first kappa shape index (κ1) is 14.7. The minimum atomic E-state index is -0.294. The van der Waals surface area contributed by atoms with Crippen molar-refractivity contribution in [2.75, 3.05) is 19.6 Å². The Morgan fingerprint density at radius 2 is 2.40 bits per heavy atom. The number of rotatable bonds is 5. The average molecular weight is 276 g/mol. The Labute approximate surface area is 119 Å². The van der Waals surface area contributed by atoms with Gasteiger partial charge in [0.25, 0.3) is 0 Å². The Balaban J connectivity index is 1.69. The normalized spacial score (nSPS) is 19.1. The molecule has 1 unspecified atom stereocenters. The van der Waals surface area contributed by atoms with Crippen molar-refractivity contribution < 1.29 is 9.18 Å². The molecule has 1 atom stereocenters. The summed E-state index contributed by atoms with van der Waals surface area (Å²) in [6, 6.07) is 6.18. The van der Waals surface area contributed by atoms with Crippen LogP contribution in [0.5, 0.6) is 0 Å². The van der Waals surface area contributed by atoms with E-state index in [1.54, 1.807) is 18.2 Å². The first-order valence-electron chi connectivity index (χ1n) is 7.16. The van der Waals surface area contributed by atoms with Crippen molar-refractivity contribution in [3.63, 3.8) is 0 Å². The lowest BCUT2D eigenvalue weighted by atomic mass is 9.96. The van der Waals surface area contributed by atoms with E-state index >= 15 is 0 Å². The number of nitrogens with one attached hydrogen (secondary N) is 2. The zero-order valence-electron chi connectivity index (χ0n) is 11.6. The largest absolute Gasteiger partial charge is 0.353 e. The van der Waals surface area contributed by atoms with Crippen LogP contribution >= 0.6 is 0 Å². The summed E-state index contributed by atoms with van der Waals surface area (Å²) in [5.74, 6) is 0.242. The van der Waals surface area contributed by atoms with E-state index in [0.29, 0.717) is 18.0 Å². The van der Waals surface area contributed by atoms with E-state index < -0.39 is 0 Å². The second kappa shape index (κ2) is 7.80. The molecule has 0 radical (unpaired) electrons. The number of amides is 1. The van der Waals surface area contributed by atoms with Gasteiger partial charge in [-0.2, -0.15) is 0 Å². The molecule has 1 saturated heterocycles. The minimum absolute atomic E-state index is 0.127. The second-order valence-electron chi connectivity index (χ2n) is 5.18. The van der Waals surface area contributed by atoms with Crippen molar-refractivity contribution in [3.8, 4) is 0 Å². The van der Waals surface area contributed by atoms with Crippen molar-refractivity contribution in [2.24, 2.45) is 5.92 Å². The van der Waals surface area contributed by atoms with Gasteiger partial charge >= 0.3 is 0 Å². The van der Waals surface area contributed by atoms with Crippen LogP contribution in [-0.4, -0.2) is 25.5 Å². The van der Waals surface area contributed by atoms with E-state index in [0.717, 1.165) is 19.5 Å². The highest BCUT2D eigenvalue weighted by molar-refractivity contribution is 5.91. The molecule has 0 aliphatic carbocycles. The predicted molar refractivity (Wildman–Crippen MR) is 78.7 cm³/mol. The van der Waals surface area contributed by atoms with E-state index in [2.05, 4.69) is 10.6 Å². The van der Waals surface area contributed by atoms with Crippen molar-refractivity contribution in [3.05, 3.63) is 41.7 Å². The Morgan fingerprint density at radius 3 is 3.15 bits per heavy atom. The molecule has 1 fully saturated rings. The van der Waals surface area contributed by atoms with Gasteiger partial charge in [0, 0.05) is 12.6 Å². The Bertz CT molecular complexity index is 467. The fourth-order valence-corrected chi connectivity index (χ4v) is 2.41. The predicted octanol–water partition coefficient (Wildman–Crippen LogP) is 2.34. The molecule has 1 aliphatic rings. The monoisotopic (exact) mass is 276 g/mol. The molecule has 4 heteroatoms. The van der Waals surface area contributed by atoms with Gasteiger partial charge in [-0.15, -0.1) is 0 Å². The summed E-state index contributed by atoms with van der Waals surface area (Å²) < 4.78 is 13.0. The minimum Gasteiger partial charge on any atom is -0.353 e. The number of halogens is 1. The van der Waals surface area contributed by atoms with Crippen molar-refractivity contribution in [1.82, 2.24) is 10.6 Å². The topological polar surface area (TPSA) is 41.1 Å². The highest BCUT2D eigenvalue weighted by Gasteiger charge is 2.12. The maximum Gasteiger partial charge on any atom is 0.243 e. The van der Waals surface area contributed by atoms with E-state index in [9.17, 15) is 9.18 Å². The van der Waals surface area contributed by atoms with E-state index in [1.807, 2.05) is 0 Å². The molecule has 20 heavy (non-hydrogen) atoms. The van der Waals surface area contributed by atoms with E-state index in [1.165, 1.54) is 31.1 Å². The fraction of sp³-hybridized carbons (Fsp3) is 0.438. The van der Waals surface area contributed by atoms with Gasteiger partial charge in [0.15, 0.2) is 0 Å². The molecule has 3 nitrogen and oxygen atoms in total. The lowest BCUT2D eigenvalue weighted by molar-refractivity contribution is -0.116. The maximum atomic E-state index is 13.0. The fourth-order valence-electron chi connectivity index (χ4n) is 2.41. The summed E-state index contributed by atoms with van der Waals surface area (Å²) >= 11 is 0. The van der Waals surface area contributed by atoms with Crippen LogP contribution in [-0.2, 0) is 4.79 Å². The average Bonchev–Trinajstić information content (AvgIpc) is 2.46. The quantitative estimate of drug-likeness (QED) is 0.811. The molecular weight excluding hydrogens is 255 g/mol. The summed E-state index contributed by atoms with van der Waals surface area (Å²) in [5.41, 5.74) is 0.691. The summed E-state index contributed by atoms with van der Waals surface area (Å²) in [7, 11) is 0. The first-order valence-corrected chi connectivity index (χ1v) is 7.16. The van der Waals surface area contributed by atoms with Crippen LogP contribution in [0, 0.1) is 11.7 Å². The molecule has 0 spiro atoms. The molecular formula is C16H21FN2O. The molecule has 1 aliphatic heterocycles. The zero-order chi connectivity index (χ0) is 14.2. The second-order valence-corrected chi connectivity index (χ2v) is 5.18. The summed E-state index contributed by atoms with van der Waals surface area (Å²) in [4.78, 5) is 11.6. The third kappa shape index (κ3) is 5.13. The Morgan fingerprint density at radius 1 is 1.50 bits per heavy atom. The SMILES string of the molecule is O=C(/C=C/c1cccc(F)c1)NCCC1CCCNC1. The molecule has 2 rings (SSSR count). The first-order chi connectivity index (χ1) is 9.74. The number of piperidine rings is 1. The number of carbonyl (C=O) groups excluding carboxylic acids is 1. The smallest absolute Gasteiger partial charge is 0.243 e. The molecule has 0 bridgehead atoms. The molecule has 0 saturated carbocycles. The Hall–Kier alpha value is -1.68. The van der Waals surface area contributed by atoms with Gasteiger partial charge in [-0.3, -0.25) is 4.79 Å². The van der Waals surface area contributed by atoms with Gasteiger partial charge in [-0.05, 0) is 62.0 Å². The number of hydrogen-bond acceptors (Lipinski definition) is 2. The molecule has 1 heterocycles. The van der Waals surface area contributed by atoms with Gasteiger partial charge in [0.05, 0.1) is 0 Å². The van der Waals surface area contributed by atoms with Crippen molar-refractivity contribution >= 4 is 12.0 Å². The van der Waals surface area contributed by atoms with Crippen LogP contribution in [0.3, 0.4) is 0 Å². The molecule has 1 aromatic carbocycles. The van der Waals surface area contributed by atoms with Gasteiger partial charge in [0.2, 0.25) is 5.91 Å². The summed E-state index contributed by atoms with van der Waals surface area (Å²) in [6.45, 7) is 2.85. The van der Waals surface area contributed by atoms with E-state index in [4.69, 9.17) is 0 Å². The zero-order valence-corrected chi connectivity index (χ0v) is 11.6. The van der Waals surface area contributed by atoms with Crippen LogP contribution in [0.25, 0.3) is 6.08 Å². The van der Waals surface area contributed by atoms with Gasteiger partial charge < -0.3 is 10.6 Å². The molecule has 1 aromatic rings. The number of benzene rings is 1. The molecule has 2 N–H and O–H groups in total. The standard InChI is InChI=1S/C16H21FN2O/c17-15-5-1-3-13(11-15)6-7-16(20)19-10-8-14-4-2-9-18-12-14/h1,3,5-7,11,14,18H,2,4,8-10,12H2,(H,19,20)/b7-6+. The van der Waals surface area contributed by atoms with Crippen LogP contribution in [0.4, 0.5) is 4.39 Å². The maximum absolute atomic E-state index is 13.0.